The van der Waals surface area contributed by atoms with E-state index in [0.717, 1.165) is 67.5 Å². The topological polar surface area (TPSA) is 15.7 Å². The molecule has 3 nitrogen and oxygen atoms in total. The molecule has 11 aromatic carbocycles. The van der Waals surface area contributed by atoms with E-state index in [9.17, 15) is 0 Å². The minimum absolute atomic E-state index is 0.827. The minimum Gasteiger partial charge on any atom is -0.456 e. The maximum Gasteiger partial charge on any atom is 0.138 e. The van der Waals surface area contributed by atoms with E-state index < -0.39 is 0 Å². The molecule has 0 aromatic heterocycles. The van der Waals surface area contributed by atoms with E-state index in [0.29, 0.717) is 0 Å². The molecule has 0 radical (unpaired) electrons. The Morgan fingerprint density at radius 3 is 1.31 bits per heavy atom. The summed E-state index contributed by atoms with van der Waals surface area (Å²) in [4.78, 5) is 4.71. The van der Waals surface area contributed by atoms with Crippen molar-refractivity contribution in [1.82, 2.24) is 0 Å². The minimum atomic E-state index is 0.827. The van der Waals surface area contributed by atoms with Crippen LogP contribution >= 0.6 is 0 Å². The third-order valence-corrected chi connectivity index (χ3v) is 12.6. The molecular weight excluding hydrogens is 789 g/mol. The van der Waals surface area contributed by atoms with Crippen molar-refractivity contribution in [1.29, 1.82) is 0 Å². The Kier molecular flexibility index (Phi) is 9.50. The standard InChI is InChI=1S/C62H42N2O/c1-4-14-43(15-5-1)46-26-32-51(33-27-46)63(52-34-28-47(29-35-52)44-16-6-2-7-17-44)54-38-39-60-58(41-54)57-24-12-22-50-40-55(42-61(65-60)62(50)57)64(59-25-13-21-49-20-10-11-23-56(49)59)53-36-30-48(31-37-53)45-18-8-3-9-19-45/h1-42H. The summed E-state index contributed by atoms with van der Waals surface area (Å²) in [5, 5.41) is 4.58. The summed E-state index contributed by atoms with van der Waals surface area (Å²) in [6, 6.07) is 91.2. The van der Waals surface area contributed by atoms with Crippen LogP contribution < -0.4 is 14.5 Å². The van der Waals surface area contributed by atoms with Gasteiger partial charge in [-0.1, -0.05) is 182 Å². The van der Waals surface area contributed by atoms with Crippen LogP contribution in [0, 0.1) is 0 Å². The molecule has 0 amide bonds. The van der Waals surface area contributed by atoms with Gasteiger partial charge in [-0.15, -0.1) is 0 Å². The Morgan fingerprint density at radius 2 is 0.723 bits per heavy atom. The number of nitrogens with zero attached hydrogens (tertiary/aromatic N) is 2. The summed E-state index contributed by atoms with van der Waals surface area (Å²) in [6.45, 7) is 0. The summed E-state index contributed by atoms with van der Waals surface area (Å²) in [5.41, 5.74) is 15.7. The lowest BCUT2D eigenvalue weighted by Gasteiger charge is -2.30. The largest absolute Gasteiger partial charge is 0.456 e. The SMILES string of the molecule is c1ccc(-c2ccc(N(c3ccc(-c4ccccc4)cc3)c3ccc4c(c3)-c3cccc5cc(N(c6ccc(-c7ccccc7)cc6)c6cccc7ccccc67)cc(c35)O4)cc2)cc1. The number of hydrogen-bond acceptors (Lipinski definition) is 3. The van der Waals surface area contributed by atoms with E-state index in [4.69, 9.17) is 4.74 Å². The smallest absolute Gasteiger partial charge is 0.138 e. The molecule has 0 saturated carbocycles. The summed E-state index contributed by atoms with van der Waals surface area (Å²) < 4.78 is 7.01. The summed E-state index contributed by atoms with van der Waals surface area (Å²) in [7, 11) is 0. The number of ether oxygens (including phenoxy) is 1. The van der Waals surface area contributed by atoms with Crippen LogP contribution in [-0.4, -0.2) is 0 Å². The van der Waals surface area contributed by atoms with Crippen molar-refractivity contribution < 1.29 is 4.74 Å². The Bertz CT molecular complexity index is 3390. The van der Waals surface area contributed by atoms with Gasteiger partial charge in [-0.2, -0.15) is 0 Å². The fourth-order valence-corrected chi connectivity index (χ4v) is 9.46. The Hall–Kier alpha value is -8.66. The second-order valence-corrected chi connectivity index (χ2v) is 16.5. The fourth-order valence-electron chi connectivity index (χ4n) is 9.46. The van der Waals surface area contributed by atoms with E-state index in [2.05, 4.69) is 265 Å². The molecule has 12 rings (SSSR count). The van der Waals surface area contributed by atoms with Crippen molar-refractivity contribution in [2.75, 3.05) is 9.80 Å². The van der Waals surface area contributed by atoms with Crippen LogP contribution in [0.4, 0.5) is 34.1 Å². The monoisotopic (exact) mass is 830 g/mol. The van der Waals surface area contributed by atoms with E-state index in [1.165, 1.54) is 44.2 Å². The molecule has 1 aliphatic heterocycles. The lowest BCUT2D eigenvalue weighted by Crippen LogP contribution is -2.12. The first-order valence-corrected chi connectivity index (χ1v) is 22.2. The van der Waals surface area contributed by atoms with Crippen molar-refractivity contribution in [3.8, 4) is 56.0 Å². The van der Waals surface area contributed by atoms with Crippen LogP contribution in [0.2, 0.25) is 0 Å². The molecule has 1 aliphatic rings. The van der Waals surface area contributed by atoms with Gasteiger partial charge in [-0.05, 0) is 116 Å². The van der Waals surface area contributed by atoms with Crippen LogP contribution in [0.1, 0.15) is 0 Å². The van der Waals surface area contributed by atoms with Crippen LogP contribution in [0.3, 0.4) is 0 Å². The number of rotatable bonds is 9. The molecule has 0 bridgehead atoms. The summed E-state index contributed by atoms with van der Waals surface area (Å²) in [5.74, 6) is 1.66. The average molecular weight is 831 g/mol. The van der Waals surface area contributed by atoms with Gasteiger partial charge in [-0.25, -0.2) is 0 Å². The first kappa shape index (κ1) is 38.0. The molecule has 0 N–H and O–H groups in total. The van der Waals surface area contributed by atoms with Crippen molar-refractivity contribution in [3.05, 3.63) is 255 Å². The number of fused-ring (bicyclic) bond motifs is 3. The number of hydrogen-bond donors (Lipinski definition) is 0. The zero-order chi connectivity index (χ0) is 43.1. The van der Waals surface area contributed by atoms with Crippen LogP contribution in [0.15, 0.2) is 255 Å². The molecule has 306 valence electrons. The van der Waals surface area contributed by atoms with Crippen molar-refractivity contribution in [3.63, 3.8) is 0 Å². The highest BCUT2D eigenvalue weighted by Gasteiger charge is 2.25. The first-order valence-electron chi connectivity index (χ1n) is 22.2. The zero-order valence-corrected chi connectivity index (χ0v) is 35.6. The molecule has 11 aromatic rings. The zero-order valence-electron chi connectivity index (χ0n) is 35.6. The van der Waals surface area contributed by atoms with Gasteiger partial charge in [0.15, 0.2) is 0 Å². The third-order valence-electron chi connectivity index (χ3n) is 12.6. The maximum atomic E-state index is 7.01. The van der Waals surface area contributed by atoms with Gasteiger partial charge < -0.3 is 14.5 Å². The Morgan fingerprint density at radius 1 is 0.262 bits per heavy atom. The molecule has 0 atom stereocenters. The Balaban J connectivity index is 0.969. The highest BCUT2D eigenvalue weighted by molar-refractivity contribution is 6.08. The van der Waals surface area contributed by atoms with Crippen molar-refractivity contribution >= 4 is 55.7 Å². The summed E-state index contributed by atoms with van der Waals surface area (Å²) in [6.07, 6.45) is 0. The highest BCUT2D eigenvalue weighted by Crippen LogP contribution is 2.52. The second kappa shape index (κ2) is 16.2. The Labute approximate surface area is 379 Å². The van der Waals surface area contributed by atoms with Gasteiger partial charge in [0, 0.05) is 45.2 Å². The van der Waals surface area contributed by atoms with Gasteiger partial charge in [0.2, 0.25) is 0 Å². The van der Waals surface area contributed by atoms with Gasteiger partial charge in [0.05, 0.1) is 11.4 Å². The molecule has 0 saturated heterocycles. The van der Waals surface area contributed by atoms with Crippen molar-refractivity contribution in [2.24, 2.45) is 0 Å². The highest BCUT2D eigenvalue weighted by atomic mass is 16.5. The van der Waals surface area contributed by atoms with E-state index >= 15 is 0 Å². The van der Waals surface area contributed by atoms with Crippen molar-refractivity contribution in [2.45, 2.75) is 0 Å². The van der Waals surface area contributed by atoms with E-state index in [1.54, 1.807) is 0 Å². The molecule has 0 spiro atoms. The average Bonchev–Trinajstić information content (AvgIpc) is 3.38. The predicted molar refractivity (Wildman–Crippen MR) is 273 cm³/mol. The number of anilines is 6. The lowest BCUT2D eigenvalue weighted by atomic mass is 9.93. The van der Waals surface area contributed by atoms with E-state index in [-0.39, 0.29) is 0 Å². The molecule has 65 heavy (non-hydrogen) atoms. The quantitative estimate of drug-likeness (QED) is 0.144. The molecular formula is C62H42N2O. The van der Waals surface area contributed by atoms with Gasteiger partial charge in [-0.3, -0.25) is 0 Å². The summed E-state index contributed by atoms with van der Waals surface area (Å²) >= 11 is 0. The van der Waals surface area contributed by atoms with Crippen LogP contribution in [0.5, 0.6) is 11.5 Å². The fraction of sp³-hybridized carbons (Fsp3) is 0. The lowest BCUT2D eigenvalue weighted by molar-refractivity contribution is 0.487. The molecule has 0 aliphatic carbocycles. The number of benzene rings is 11. The molecule has 0 unspecified atom stereocenters. The van der Waals surface area contributed by atoms with Gasteiger partial charge in [0.25, 0.3) is 0 Å². The predicted octanol–water partition coefficient (Wildman–Crippen LogP) is 17.7. The second-order valence-electron chi connectivity index (χ2n) is 16.5. The molecule has 0 fully saturated rings. The molecule has 1 heterocycles. The van der Waals surface area contributed by atoms with Crippen LogP contribution in [-0.2, 0) is 0 Å². The normalized spacial score (nSPS) is 11.5. The molecule has 3 heteroatoms. The third kappa shape index (κ3) is 7.06. The van der Waals surface area contributed by atoms with Gasteiger partial charge in [0.1, 0.15) is 11.5 Å². The van der Waals surface area contributed by atoms with E-state index in [1.807, 2.05) is 0 Å². The maximum absolute atomic E-state index is 7.01. The first-order chi connectivity index (χ1) is 32.2. The van der Waals surface area contributed by atoms with Crippen LogP contribution in [0.25, 0.3) is 66.1 Å². The van der Waals surface area contributed by atoms with Gasteiger partial charge >= 0.3 is 0 Å².